The van der Waals surface area contributed by atoms with Gasteiger partial charge in [0.25, 0.3) is 5.78 Å². The molecule has 1 aromatic carbocycles. The van der Waals surface area contributed by atoms with Crippen LogP contribution in [0.25, 0.3) is 5.78 Å². The first-order chi connectivity index (χ1) is 11.9. The maximum atomic E-state index is 12.4. The first kappa shape index (κ1) is 16.5. The van der Waals surface area contributed by atoms with Crippen LogP contribution in [0.5, 0.6) is 0 Å². The van der Waals surface area contributed by atoms with Crippen molar-refractivity contribution < 1.29 is 4.79 Å². The zero-order chi connectivity index (χ0) is 17.6. The van der Waals surface area contributed by atoms with Gasteiger partial charge >= 0.3 is 0 Å². The molecule has 0 unspecified atom stereocenters. The molecule has 0 saturated heterocycles. The first-order valence-corrected chi connectivity index (χ1v) is 9.43. The lowest BCUT2D eigenvalue weighted by atomic mass is 9.76. The average molecular weight is 373 g/mol. The van der Waals surface area contributed by atoms with Crippen LogP contribution < -0.4 is 0 Å². The molecule has 7 heteroatoms. The molecule has 0 spiro atoms. The fourth-order valence-electron chi connectivity index (χ4n) is 3.09. The van der Waals surface area contributed by atoms with E-state index < -0.39 is 0 Å². The molecule has 0 N–H and O–H groups in total. The number of thioether (sulfide) groups is 1. The van der Waals surface area contributed by atoms with Crippen molar-refractivity contribution in [3.8, 4) is 0 Å². The molecule has 128 valence electrons. The quantitative estimate of drug-likeness (QED) is 0.644. The van der Waals surface area contributed by atoms with E-state index in [-0.39, 0.29) is 11.2 Å². The molecule has 0 fully saturated rings. The molecule has 4 rings (SSSR count). The highest BCUT2D eigenvalue weighted by atomic mass is 35.5. The molecule has 0 saturated carbocycles. The van der Waals surface area contributed by atoms with Gasteiger partial charge in [-0.05, 0) is 29.5 Å². The lowest BCUT2D eigenvalue weighted by molar-refractivity contribution is 0.0909. The van der Waals surface area contributed by atoms with E-state index in [0.29, 0.717) is 22.9 Å². The van der Waals surface area contributed by atoms with Crippen molar-refractivity contribution in [2.75, 3.05) is 0 Å². The Hall–Kier alpha value is -1.92. The van der Waals surface area contributed by atoms with E-state index in [2.05, 4.69) is 28.9 Å². The van der Waals surface area contributed by atoms with Crippen LogP contribution in [0.4, 0.5) is 0 Å². The van der Waals surface area contributed by atoms with Crippen LogP contribution in [0.1, 0.15) is 41.9 Å². The Morgan fingerprint density at radius 2 is 2.12 bits per heavy atom. The van der Waals surface area contributed by atoms with Crippen molar-refractivity contribution in [2.24, 2.45) is 5.41 Å². The van der Waals surface area contributed by atoms with Crippen molar-refractivity contribution >= 4 is 34.9 Å². The van der Waals surface area contributed by atoms with Gasteiger partial charge in [-0.3, -0.25) is 4.79 Å². The van der Waals surface area contributed by atoms with Crippen molar-refractivity contribution in [1.29, 1.82) is 0 Å². The molecule has 3 aromatic rings. The summed E-state index contributed by atoms with van der Waals surface area (Å²) in [6, 6.07) is 7.73. The monoisotopic (exact) mass is 372 g/mol. The van der Waals surface area contributed by atoms with Crippen LogP contribution in [0, 0.1) is 5.41 Å². The maximum Gasteiger partial charge on any atom is 0.253 e. The van der Waals surface area contributed by atoms with Crippen LogP contribution in [0.15, 0.2) is 35.6 Å². The Bertz CT molecular complexity index is 982. The van der Waals surface area contributed by atoms with Crippen LogP contribution in [0.2, 0.25) is 5.02 Å². The second-order valence-electron chi connectivity index (χ2n) is 7.10. The summed E-state index contributed by atoms with van der Waals surface area (Å²) in [5.74, 6) is 1.39. The summed E-state index contributed by atoms with van der Waals surface area (Å²) >= 11 is 7.54. The summed E-state index contributed by atoms with van der Waals surface area (Å²) in [4.78, 5) is 21.5. The van der Waals surface area contributed by atoms with Crippen molar-refractivity contribution in [2.45, 2.75) is 37.6 Å². The van der Waals surface area contributed by atoms with Crippen LogP contribution >= 0.6 is 23.4 Å². The number of hydrogen-bond donors (Lipinski definition) is 0. The second-order valence-corrected chi connectivity index (χ2v) is 8.48. The molecule has 2 aromatic heterocycles. The summed E-state index contributed by atoms with van der Waals surface area (Å²) in [5, 5.41) is 5.81. The number of rotatable bonds is 3. The highest BCUT2D eigenvalue weighted by molar-refractivity contribution is 7.98. The molecular formula is C18H17ClN4OS. The third kappa shape index (κ3) is 3.41. The lowest BCUT2D eigenvalue weighted by Gasteiger charge is -2.28. The van der Waals surface area contributed by atoms with Gasteiger partial charge in [0.05, 0.1) is 11.3 Å². The Balaban J connectivity index is 1.61. The Kier molecular flexibility index (Phi) is 4.04. The second kappa shape index (κ2) is 6.11. The minimum absolute atomic E-state index is 0.0559. The standard InChI is InChI=1S/C18H17ClN4OS/c1-18(2)7-14-13(15(24)8-18)9-23-16(20-14)21-17(22-23)25-10-11-4-3-5-12(19)6-11/h3-6,9H,7-8,10H2,1-2H3. The van der Waals surface area contributed by atoms with Gasteiger partial charge < -0.3 is 0 Å². The molecule has 5 nitrogen and oxygen atoms in total. The molecule has 0 aliphatic heterocycles. The van der Waals surface area contributed by atoms with E-state index in [4.69, 9.17) is 11.6 Å². The van der Waals surface area contributed by atoms with Crippen molar-refractivity contribution in [3.05, 3.63) is 52.3 Å². The number of ketones is 1. The van der Waals surface area contributed by atoms with Gasteiger partial charge in [-0.15, -0.1) is 5.10 Å². The van der Waals surface area contributed by atoms with Gasteiger partial charge in [0.1, 0.15) is 0 Å². The fraction of sp³-hybridized carbons (Fsp3) is 0.333. The van der Waals surface area contributed by atoms with Crippen molar-refractivity contribution in [1.82, 2.24) is 19.6 Å². The van der Waals surface area contributed by atoms with Gasteiger partial charge in [0.15, 0.2) is 5.78 Å². The third-order valence-corrected chi connectivity index (χ3v) is 5.38. The predicted molar refractivity (Wildman–Crippen MR) is 98.2 cm³/mol. The largest absolute Gasteiger partial charge is 0.294 e. The molecule has 25 heavy (non-hydrogen) atoms. The average Bonchev–Trinajstić information content (AvgIpc) is 2.92. The van der Waals surface area contributed by atoms with E-state index in [0.717, 1.165) is 28.5 Å². The van der Waals surface area contributed by atoms with Gasteiger partial charge in [-0.25, -0.2) is 9.50 Å². The number of nitrogens with zero attached hydrogens (tertiary/aromatic N) is 4. The minimum atomic E-state index is -0.0559. The van der Waals surface area contributed by atoms with E-state index in [1.54, 1.807) is 10.7 Å². The van der Waals surface area contributed by atoms with Crippen LogP contribution in [0.3, 0.4) is 0 Å². The number of aromatic nitrogens is 4. The highest BCUT2D eigenvalue weighted by Gasteiger charge is 2.32. The smallest absolute Gasteiger partial charge is 0.253 e. The minimum Gasteiger partial charge on any atom is -0.294 e. The Morgan fingerprint density at radius 3 is 2.92 bits per heavy atom. The number of hydrogen-bond acceptors (Lipinski definition) is 5. The number of Topliss-reactive ketones (excluding diaryl/α,β-unsaturated/α-hetero) is 1. The summed E-state index contributed by atoms with van der Waals surface area (Å²) in [7, 11) is 0. The summed E-state index contributed by atoms with van der Waals surface area (Å²) in [6.07, 6.45) is 3.09. The Labute approximate surface area is 154 Å². The lowest BCUT2D eigenvalue weighted by Crippen LogP contribution is -2.28. The SMILES string of the molecule is CC1(C)CC(=O)c2cn3nc(SCc4cccc(Cl)c4)nc3nc2C1. The third-order valence-electron chi connectivity index (χ3n) is 4.23. The number of benzene rings is 1. The zero-order valence-electron chi connectivity index (χ0n) is 14.0. The topological polar surface area (TPSA) is 60.2 Å². The number of carbonyl (C=O) groups is 1. The maximum absolute atomic E-state index is 12.4. The van der Waals surface area contributed by atoms with E-state index >= 15 is 0 Å². The number of carbonyl (C=O) groups excluding carboxylic acids is 1. The molecule has 0 radical (unpaired) electrons. The first-order valence-electron chi connectivity index (χ1n) is 8.06. The summed E-state index contributed by atoms with van der Waals surface area (Å²) < 4.78 is 1.61. The van der Waals surface area contributed by atoms with Crippen LogP contribution in [-0.4, -0.2) is 25.4 Å². The van der Waals surface area contributed by atoms with E-state index in [1.807, 2.05) is 24.3 Å². The zero-order valence-corrected chi connectivity index (χ0v) is 15.6. The molecule has 1 aliphatic carbocycles. The summed E-state index contributed by atoms with van der Waals surface area (Å²) in [6.45, 7) is 4.19. The van der Waals surface area contributed by atoms with Gasteiger partial charge in [0, 0.05) is 23.4 Å². The number of fused-ring (bicyclic) bond motifs is 2. The molecular weight excluding hydrogens is 356 g/mol. The Morgan fingerprint density at radius 1 is 1.28 bits per heavy atom. The molecule has 0 bridgehead atoms. The van der Waals surface area contributed by atoms with E-state index in [9.17, 15) is 4.79 Å². The van der Waals surface area contributed by atoms with Gasteiger partial charge in [-0.1, -0.05) is 49.3 Å². The number of halogens is 1. The predicted octanol–water partition coefficient (Wildman–Crippen LogP) is 4.23. The molecule has 1 aliphatic rings. The van der Waals surface area contributed by atoms with Gasteiger partial charge in [0.2, 0.25) is 5.16 Å². The van der Waals surface area contributed by atoms with Gasteiger partial charge in [-0.2, -0.15) is 4.98 Å². The van der Waals surface area contributed by atoms with E-state index in [1.165, 1.54) is 11.8 Å². The fourth-order valence-corrected chi connectivity index (χ4v) is 4.07. The molecule has 0 atom stereocenters. The summed E-state index contributed by atoms with van der Waals surface area (Å²) in [5.41, 5.74) is 2.55. The highest BCUT2D eigenvalue weighted by Crippen LogP contribution is 2.34. The molecule has 0 amide bonds. The van der Waals surface area contributed by atoms with Crippen molar-refractivity contribution in [3.63, 3.8) is 0 Å². The normalized spacial score (nSPS) is 16.2. The van der Waals surface area contributed by atoms with Crippen LogP contribution in [-0.2, 0) is 12.2 Å². The molecule has 2 heterocycles.